The lowest BCUT2D eigenvalue weighted by Gasteiger charge is -2.06. The van der Waals surface area contributed by atoms with Gasteiger partial charge in [-0.05, 0) is 60.5 Å². The zero-order chi connectivity index (χ0) is 21.8. The van der Waals surface area contributed by atoms with Gasteiger partial charge in [-0.25, -0.2) is 4.39 Å². The maximum atomic E-state index is 13.3. The molecule has 0 aliphatic carbocycles. The minimum atomic E-state index is -0.404. The summed E-state index contributed by atoms with van der Waals surface area (Å²) in [5.41, 5.74) is 2.19. The minimum absolute atomic E-state index is 0.156. The number of nitrogens with one attached hydrogen (secondary N) is 1. The summed E-state index contributed by atoms with van der Waals surface area (Å²) in [7, 11) is 0. The lowest BCUT2D eigenvalue weighted by atomic mass is 10.2. The molecule has 1 amide bonds. The Labute approximate surface area is 183 Å². The van der Waals surface area contributed by atoms with Crippen LogP contribution in [-0.4, -0.2) is 15.7 Å². The van der Waals surface area contributed by atoms with Crippen molar-refractivity contribution in [2.75, 3.05) is 5.32 Å². The maximum absolute atomic E-state index is 13.3. The highest BCUT2D eigenvalue weighted by atomic mass is 35.5. The molecular weight excluding hydrogens is 421 g/mol. The summed E-state index contributed by atoms with van der Waals surface area (Å²) in [6.07, 6.45) is 3.19. The first-order valence-electron chi connectivity index (χ1n) is 9.52. The molecule has 158 valence electrons. The van der Waals surface area contributed by atoms with Gasteiger partial charge in [-0.2, -0.15) is 5.10 Å². The highest BCUT2D eigenvalue weighted by Crippen LogP contribution is 2.22. The zero-order valence-corrected chi connectivity index (χ0v) is 17.4. The van der Waals surface area contributed by atoms with Crippen LogP contribution < -0.4 is 10.1 Å². The second-order valence-electron chi connectivity index (χ2n) is 6.98. The molecule has 0 radical (unpaired) electrons. The Balaban J connectivity index is 1.33. The molecule has 0 saturated heterocycles. The molecule has 8 heteroatoms. The Bertz CT molecular complexity index is 1220. The van der Waals surface area contributed by atoms with Crippen molar-refractivity contribution in [2.24, 2.45) is 0 Å². The van der Waals surface area contributed by atoms with E-state index < -0.39 is 5.91 Å². The van der Waals surface area contributed by atoms with Gasteiger partial charge in [-0.15, -0.1) is 0 Å². The van der Waals surface area contributed by atoms with E-state index in [1.54, 1.807) is 47.3 Å². The SMILES string of the molecule is Cc1cc(OCc2ccc(C(=O)Nc3cnn(Cc4cccc(F)c4)c3)o2)ccc1Cl. The second kappa shape index (κ2) is 9.06. The summed E-state index contributed by atoms with van der Waals surface area (Å²) in [5.74, 6) is 0.624. The average Bonchev–Trinajstić information content (AvgIpc) is 3.38. The first-order chi connectivity index (χ1) is 15.0. The summed E-state index contributed by atoms with van der Waals surface area (Å²) in [4.78, 5) is 12.4. The molecule has 0 unspecified atom stereocenters. The molecule has 0 saturated carbocycles. The Morgan fingerprint density at radius 2 is 2.10 bits per heavy atom. The van der Waals surface area contributed by atoms with Gasteiger partial charge in [0.15, 0.2) is 5.76 Å². The Kier molecular flexibility index (Phi) is 6.04. The number of halogens is 2. The van der Waals surface area contributed by atoms with E-state index in [2.05, 4.69) is 10.4 Å². The van der Waals surface area contributed by atoms with E-state index >= 15 is 0 Å². The largest absolute Gasteiger partial charge is 0.486 e. The van der Waals surface area contributed by atoms with E-state index in [-0.39, 0.29) is 18.2 Å². The zero-order valence-electron chi connectivity index (χ0n) is 16.6. The summed E-state index contributed by atoms with van der Waals surface area (Å²) >= 11 is 6.01. The van der Waals surface area contributed by atoms with Crippen LogP contribution in [0.3, 0.4) is 0 Å². The van der Waals surface area contributed by atoms with Gasteiger partial charge in [-0.3, -0.25) is 9.48 Å². The molecule has 4 aromatic rings. The highest BCUT2D eigenvalue weighted by Gasteiger charge is 2.13. The number of carbonyl (C=O) groups excluding carboxylic acids is 1. The summed E-state index contributed by atoms with van der Waals surface area (Å²) in [6, 6.07) is 14.9. The van der Waals surface area contributed by atoms with Gasteiger partial charge in [0.05, 0.1) is 18.4 Å². The number of furan rings is 1. The third kappa shape index (κ3) is 5.32. The van der Waals surface area contributed by atoms with E-state index in [0.717, 1.165) is 11.1 Å². The topological polar surface area (TPSA) is 69.3 Å². The van der Waals surface area contributed by atoms with Crippen LogP contribution in [0.15, 0.2) is 71.4 Å². The number of ether oxygens (including phenoxy) is 1. The third-order valence-corrected chi connectivity index (χ3v) is 4.94. The normalized spacial score (nSPS) is 10.8. The van der Waals surface area contributed by atoms with E-state index in [1.807, 2.05) is 13.0 Å². The molecular formula is C23H19ClFN3O3. The van der Waals surface area contributed by atoms with E-state index in [1.165, 1.54) is 18.3 Å². The van der Waals surface area contributed by atoms with Crippen molar-refractivity contribution in [1.29, 1.82) is 0 Å². The van der Waals surface area contributed by atoms with E-state index in [9.17, 15) is 9.18 Å². The predicted octanol–water partition coefficient (Wildman–Crippen LogP) is 5.46. The van der Waals surface area contributed by atoms with Crippen LogP contribution >= 0.6 is 11.6 Å². The van der Waals surface area contributed by atoms with Crippen molar-refractivity contribution in [2.45, 2.75) is 20.1 Å². The first-order valence-corrected chi connectivity index (χ1v) is 9.90. The first kappa shape index (κ1) is 20.7. The van der Waals surface area contributed by atoms with Crippen molar-refractivity contribution in [1.82, 2.24) is 9.78 Å². The molecule has 0 atom stereocenters. The molecule has 6 nitrogen and oxygen atoms in total. The fourth-order valence-electron chi connectivity index (χ4n) is 2.97. The van der Waals surface area contributed by atoms with Crippen molar-refractivity contribution in [3.63, 3.8) is 0 Å². The van der Waals surface area contributed by atoms with Gasteiger partial charge in [0, 0.05) is 11.2 Å². The Morgan fingerprint density at radius 3 is 2.90 bits per heavy atom. The van der Waals surface area contributed by atoms with Crippen molar-refractivity contribution < 1.29 is 18.3 Å². The highest BCUT2D eigenvalue weighted by molar-refractivity contribution is 6.31. The van der Waals surface area contributed by atoms with Gasteiger partial charge in [-0.1, -0.05) is 23.7 Å². The lowest BCUT2D eigenvalue weighted by Crippen LogP contribution is -2.10. The molecule has 0 aliphatic heterocycles. The Morgan fingerprint density at radius 1 is 1.23 bits per heavy atom. The number of carbonyl (C=O) groups is 1. The number of rotatable bonds is 7. The fourth-order valence-corrected chi connectivity index (χ4v) is 3.09. The molecule has 2 aromatic carbocycles. The molecule has 0 spiro atoms. The van der Waals surface area contributed by atoms with Crippen molar-refractivity contribution in [3.05, 3.63) is 100 Å². The molecule has 2 heterocycles. The summed E-state index contributed by atoms with van der Waals surface area (Å²) < 4.78 is 26.2. The number of amides is 1. The number of hydrogen-bond acceptors (Lipinski definition) is 4. The molecule has 2 aromatic heterocycles. The van der Waals surface area contributed by atoms with Gasteiger partial charge in [0.2, 0.25) is 0 Å². The van der Waals surface area contributed by atoms with Gasteiger partial charge < -0.3 is 14.5 Å². The Hall–Kier alpha value is -3.58. The number of aryl methyl sites for hydroxylation is 1. The van der Waals surface area contributed by atoms with Gasteiger partial charge in [0.25, 0.3) is 5.91 Å². The number of benzene rings is 2. The molecule has 1 N–H and O–H groups in total. The number of aromatic nitrogens is 2. The van der Waals surface area contributed by atoms with Gasteiger partial charge in [0.1, 0.15) is 23.9 Å². The molecule has 0 fully saturated rings. The third-order valence-electron chi connectivity index (χ3n) is 4.52. The number of anilines is 1. The van der Waals surface area contributed by atoms with Crippen LogP contribution in [0, 0.1) is 12.7 Å². The van der Waals surface area contributed by atoms with Crippen LogP contribution in [0.4, 0.5) is 10.1 Å². The van der Waals surface area contributed by atoms with Crippen LogP contribution in [-0.2, 0) is 13.2 Å². The molecule has 31 heavy (non-hydrogen) atoms. The van der Waals surface area contributed by atoms with Crippen LogP contribution in [0.2, 0.25) is 5.02 Å². The molecule has 0 bridgehead atoms. The standard InChI is InChI=1S/C23H19ClFN3O3/c1-15-9-19(5-7-21(15)24)30-14-20-6-8-22(31-20)23(29)27-18-11-26-28(13-18)12-16-3-2-4-17(25)10-16/h2-11,13H,12,14H2,1H3,(H,27,29). The number of nitrogens with zero attached hydrogens (tertiary/aromatic N) is 2. The van der Waals surface area contributed by atoms with Crippen molar-refractivity contribution >= 4 is 23.2 Å². The van der Waals surface area contributed by atoms with Crippen molar-refractivity contribution in [3.8, 4) is 5.75 Å². The average molecular weight is 440 g/mol. The predicted molar refractivity (Wildman–Crippen MR) is 115 cm³/mol. The number of hydrogen-bond donors (Lipinski definition) is 1. The fraction of sp³-hybridized carbons (Fsp3) is 0.130. The van der Waals surface area contributed by atoms with Crippen LogP contribution in [0.5, 0.6) is 5.75 Å². The second-order valence-corrected chi connectivity index (χ2v) is 7.38. The van der Waals surface area contributed by atoms with E-state index in [0.29, 0.717) is 28.8 Å². The smallest absolute Gasteiger partial charge is 0.291 e. The minimum Gasteiger partial charge on any atom is -0.486 e. The van der Waals surface area contributed by atoms with Crippen LogP contribution in [0.1, 0.15) is 27.4 Å². The quantitative estimate of drug-likeness (QED) is 0.415. The maximum Gasteiger partial charge on any atom is 0.291 e. The molecule has 0 aliphatic rings. The summed E-state index contributed by atoms with van der Waals surface area (Å²) in [5, 5.41) is 7.59. The van der Waals surface area contributed by atoms with E-state index in [4.69, 9.17) is 20.8 Å². The lowest BCUT2D eigenvalue weighted by molar-refractivity contribution is 0.0992. The van der Waals surface area contributed by atoms with Gasteiger partial charge >= 0.3 is 0 Å². The summed E-state index contributed by atoms with van der Waals surface area (Å²) in [6.45, 7) is 2.46. The van der Waals surface area contributed by atoms with Crippen LogP contribution in [0.25, 0.3) is 0 Å². The molecule has 4 rings (SSSR count). The monoisotopic (exact) mass is 439 g/mol.